The van der Waals surface area contributed by atoms with E-state index in [0.717, 1.165) is 25.7 Å². The van der Waals surface area contributed by atoms with Gasteiger partial charge in [-0.25, -0.2) is 13.1 Å². The molecule has 18 heavy (non-hydrogen) atoms. The van der Waals surface area contributed by atoms with E-state index in [1.807, 2.05) is 6.07 Å². The lowest BCUT2D eigenvalue weighted by atomic mass is 9.96. The van der Waals surface area contributed by atoms with Crippen molar-refractivity contribution in [3.05, 3.63) is 29.8 Å². The molecule has 0 spiro atoms. The summed E-state index contributed by atoms with van der Waals surface area (Å²) < 4.78 is 27.0. The van der Waals surface area contributed by atoms with Gasteiger partial charge in [0.1, 0.15) is 0 Å². The molecule has 1 aliphatic carbocycles. The van der Waals surface area contributed by atoms with Gasteiger partial charge in [0, 0.05) is 6.04 Å². The van der Waals surface area contributed by atoms with E-state index in [0.29, 0.717) is 5.56 Å². The van der Waals surface area contributed by atoms with Crippen LogP contribution in [0.1, 0.15) is 37.7 Å². The van der Waals surface area contributed by atoms with Gasteiger partial charge in [0.25, 0.3) is 0 Å². The first kappa shape index (κ1) is 13.1. The molecule has 0 amide bonds. The molecular formula is C13H16N2O2S. The fraction of sp³-hybridized carbons (Fsp3) is 0.462. The number of rotatable bonds is 3. The van der Waals surface area contributed by atoms with E-state index in [2.05, 4.69) is 4.72 Å². The third-order valence-corrected chi connectivity index (χ3v) is 4.72. The molecule has 0 bridgehead atoms. The quantitative estimate of drug-likeness (QED) is 0.909. The van der Waals surface area contributed by atoms with Crippen molar-refractivity contribution in [2.24, 2.45) is 0 Å². The number of hydrogen-bond acceptors (Lipinski definition) is 3. The van der Waals surface area contributed by atoms with Crippen molar-refractivity contribution in [1.82, 2.24) is 4.72 Å². The fourth-order valence-electron chi connectivity index (χ4n) is 2.24. The molecule has 2 rings (SSSR count). The van der Waals surface area contributed by atoms with E-state index in [1.54, 1.807) is 12.1 Å². The van der Waals surface area contributed by atoms with Crippen molar-refractivity contribution < 1.29 is 8.42 Å². The predicted molar refractivity (Wildman–Crippen MR) is 68.4 cm³/mol. The summed E-state index contributed by atoms with van der Waals surface area (Å²) in [7, 11) is -3.49. The van der Waals surface area contributed by atoms with Crippen molar-refractivity contribution in [3.8, 4) is 6.07 Å². The highest BCUT2D eigenvalue weighted by Crippen LogP contribution is 2.20. The van der Waals surface area contributed by atoms with Crippen molar-refractivity contribution in [2.45, 2.75) is 43.0 Å². The van der Waals surface area contributed by atoms with Crippen LogP contribution >= 0.6 is 0 Å². The van der Waals surface area contributed by atoms with Gasteiger partial charge < -0.3 is 0 Å². The van der Waals surface area contributed by atoms with Crippen LogP contribution in [0.4, 0.5) is 0 Å². The van der Waals surface area contributed by atoms with Crippen LogP contribution in [0.2, 0.25) is 0 Å². The summed E-state index contributed by atoms with van der Waals surface area (Å²) in [6.07, 6.45) is 5.13. The minimum atomic E-state index is -3.49. The Morgan fingerprint density at radius 2 is 1.94 bits per heavy atom. The average Bonchev–Trinajstić information content (AvgIpc) is 2.39. The Morgan fingerprint density at radius 3 is 2.61 bits per heavy atom. The van der Waals surface area contributed by atoms with Gasteiger partial charge in [0.05, 0.1) is 16.5 Å². The molecule has 4 nitrogen and oxygen atoms in total. The summed E-state index contributed by atoms with van der Waals surface area (Å²) >= 11 is 0. The minimum Gasteiger partial charge on any atom is -0.208 e. The molecule has 0 heterocycles. The topological polar surface area (TPSA) is 70.0 Å². The van der Waals surface area contributed by atoms with Crippen molar-refractivity contribution in [3.63, 3.8) is 0 Å². The van der Waals surface area contributed by atoms with E-state index >= 15 is 0 Å². The van der Waals surface area contributed by atoms with Crippen molar-refractivity contribution >= 4 is 10.0 Å². The molecule has 0 atom stereocenters. The molecule has 1 aliphatic rings. The van der Waals surface area contributed by atoms with Crippen LogP contribution in [-0.2, 0) is 10.0 Å². The Labute approximate surface area is 108 Å². The van der Waals surface area contributed by atoms with Crippen molar-refractivity contribution in [2.75, 3.05) is 0 Å². The van der Waals surface area contributed by atoms with E-state index in [9.17, 15) is 8.42 Å². The highest BCUT2D eigenvalue weighted by Gasteiger charge is 2.21. The zero-order chi connectivity index (χ0) is 13.0. The molecule has 1 N–H and O–H groups in total. The van der Waals surface area contributed by atoms with Gasteiger partial charge in [-0.2, -0.15) is 5.26 Å². The molecule has 0 saturated heterocycles. The Bertz CT molecular complexity index is 555. The molecule has 1 aromatic carbocycles. The standard InChI is InChI=1S/C13H16N2O2S/c14-10-11-5-4-8-13(9-11)18(16,17)15-12-6-2-1-3-7-12/h4-5,8-9,12,15H,1-3,6-7H2. The molecule has 96 valence electrons. The fourth-order valence-corrected chi connectivity index (χ4v) is 3.59. The first-order valence-electron chi connectivity index (χ1n) is 6.14. The lowest BCUT2D eigenvalue weighted by Crippen LogP contribution is -2.36. The van der Waals surface area contributed by atoms with E-state index < -0.39 is 10.0 Å². The second-order valence-electron chi connectivity index (χ2n) is 4.60. The summed E-state index contributed by atoms with van der Waals surface area (Å²) in [6.45, 7) is 0. The molecule has 1 saturated carbocycles. The number of sulfonamides is 1. The van der Waals surface area contributed by atoms with Gasteiger partial charge in [0.15, 0.2) is 0 Å². The number of nitrogens with zero attached hydrogens (tertiary/aromatic N) is 1. The zero-order valence-electron chi connectivity index (χ0n) is 10.1. The van der Waals surface area contributed by atoms with Crippen LogP contribution in [-0.4, -0.2) is 14.5 Å². The maximum absolute atomic E-state index is 12.1. The van der Waals surface area contributed by atoms with Crippen LogP contribution in [0.3, 0.4) is 0 Å². The minimum absolute atomic E-state index is 0.0366. The largest absolute Gasteiger partial charge is 0.240 e. The smallest absolute Gasteiger partial charge is 0.208 e. The summed E-state index contributed by atoms with van der Waals surface area (Å²) in [5.74, 6) is 0. The molecule has 0 aliphatic heterocycles. The lowest BCUT2D eigenvalue weighted by molar-refractivity contribution is 0.412. The van der Waals surface area contributed by atoms with Gasteiger partial charge >= 0.3 is 0 Å². The van der Waals surface area contributed by atoms with Gasteiger partial charge in [-0.1, -0.05) is 25.3 Å². The van der Waals surface area contributed by atoms with Gasteiger partial charge in [-0.05, 0) is 31.0 Å². The van der Waals surface area contributed by atoms with Gasteiger partial charge in [0.2, 0.25) is 10.0 Å². The maximum Gasteiger partial charge on any atom is 0.240 e. The van der Waals surface area contributed by atoms with Gasteiger partial charge in [-0.15, -0.1) is 0 Å². The Hall–Kier alpha value is -1.38. The number of nitriles is 1. The Kier molecular flexibility index (Phi) is 4.00. The second-order valence-corrected chi connectivity index (χ2v) is 6.31. The Balaban J connectivity index is 2.17. The molecule has 0 unspecified atom stereocenters. The molecule has 1 fully saturated rings. The van der Waals surface area contributed by atoms with E-state index in [4.69, 9.17) is 5.26 Å². The van der Waals surface area contributed by atoms with Crippen LogP contribution in [0.5, 0.6) is 0 Å². The van der Waals surface area contributed by atoms with E-state index in [-0.39, 0.29) is 10.9 Å². The molecule has 0 aromatic heterocycles. The SMILES string of the molecule is N#Cc1cccc(S(=O)(=O)NC2CCCCC2)c1. The Morgan fingerprint density at radius 1 is 1.22 bits per heavy atom. The number of nitrogens with one attached hydrogen (secondary N) is 1. The third kappa shape index (κ3) is 3.09. The van der Waals surface area contributed by atoms with Gasteiger partial charge in [-0.3, -0.25) is 0 Å². The third-order valence-electron chi connectivity index (χ3n) is 3.20. The molecular weight excluding hydrogens is 248 g/mol. The van der Waals surface area contributed by atoms with E-state index in [1.165, 1.54) is 18.6 Å². The van der Waals surface area contributed by atoms with Crippen molar-refractivity contribution in [1.29, 1.82) is 5.26 Å². The highest BCUT2D eigenvalue weighted by atomic mass is 32.2. The first-order valence-corrected chi connectivity index (χ1v) is 7.62. The molecule has 0 radical (unpaired) electrons. The van der Waals surface area contributed by atoms with Crippen LogP contribution < -0.4 is 4.72 Å². The summed E-state index contributed by atoms with van der Waals surface area (Å²) in [5.41, 5.74) is 0.363. The summed E-state index contributed by atoms with van der Waals surface area (Å²) in [6, 6.07) is 8.10. The number of hydrogen-bond donors (Lipinski definition) is 1. The summed E-state index contributed by atoms with van der Waals surface area (Å²) in [5, 5.41) is 8.78. The lowest BCUT2D eigenvalue weighted by Gasteiger charge is -2.22. The number of benzene rings is 1. The predicted octanol–water partition coefficient (Wildman–Crippen LogP) is 2.17. The molecule has 5 heteroatoms. The summed E-state index contributed by atoms with van der Waals surface area (Å²) in [4.78, 5) is 0.173. The highest BCUT2D eigenvalue weighted by molar-refractivity contribution is 7.89. The first-order chi connectivity index (χ1) is 8.62. The second kappa shape index (κ2) is 5.51. The molecule has 1 aromatic rings. The maximum atomic E-state index is 12.1. The monoisotopic (exact) mass is 264 g/mol. The average molecular weight is 264 g/mol. The normalized spacial score (nSPS) is 17.3. The van der Waals surface area contributed by atoms with Crippen LogP contribution in [0.15, 0.2) is 29.2 Å². The van der Waals surface area contributed by atoms with Crippen LogP contribution in [0, 0.1) is 11.3 Å². The van der Waals surface area contributed by atoms with Crippen LogP contribution in [0.25, 0.3) is 0 Å². The zero-order valence-corrected chi connectivity index (χ0v) is 10.9.